The Hall–Kier alpha value is -2.08. The number of aromatic nitrogens is 2. The van der Waals surface area contributed by atoms with Crippen molar-refractivity contribution in [3.05, 3.63) is 57.0 Å². The molecule has 2 atom stereocenters. The fourth-order valence-electron chi connectivity index (χ4n) is 3.71. The third kappa shape index (κ3) is 4.89. The lowest BCUT2D eigenvalue weighted by Crippen LogP contribution is -2.60. The molecule has 3 aromatic heterocycles. The number of pyridine rings is 1. The maximum atomic E-state index is 12.9. The van der Waals surface area contributed by atoms with Crippen molar-refractivity contribution in [2.75, 3.05) is 19.7 Å². The molecule has 0 aromatic carbocycles. The molecule has 4 heterocycles. The van der Waals surface area contributed by atoms with Gasteiger partial charge < -0.3 is 14.9 Å². The average molecular weight is 481 g/mol. The van der Waals surface area contributed by atoms with Crippen LogP contribution in [0.15, 0.2) is 42.1 Å². The van der Waals surface area contributed by atoms with E-state index in [0.29, 0.717) is 15.8 Å². The van der Waals surface area contributed by atoms with E-state index in [0.717, 1.165) is 28.3 Å². The van der Waals surface area contributed by atoms with E-state index in [1.165, 1.54) is 21.7 Å². The van der Waals surface area contributed by atoms with Gasteiger partial charge in [-0.25, -0.2) is 8.42 Å². The first-order valence-corrected chi connectivity index (χ1v) is 12.3. The van der Waals surface area contributed by atoms with Crippen LogP contribution in [0, 0.1) is 0 Å². The van der Waals surface area contributed by atoms with E-state index in [1.54, 1.807) is 24.5 Å². The van der Waals surface area contributed by atoms with Gasteiger partial charge in [0, 0.05) is 65.0 Å². The second kappa shape index (κ2) is 9.19. The van der Waals surface area contributed by atoms with Crippen LogP contribution in [-0.4, -0.2) is 70.8 Å². The normalized spacial score (nSPS) is 21.2. The van der Waals surface area contributed by atoms with Gasteiger partial charge in [0.05, 0.1) is 17.0 Å². The predicted molar refractivity (Wildman–Crippen MR) is 121 cm³/mol. The van der Waals surface area contributed by atoms with E-state index in [1.807, 2.05) is 17.0 Å². The summed E-state index contributed by atoms with van der Waals surface area (Å²) in [4.78, 5) is 21.8. The molecule has 8 nitrogen and oxygen atoms in total. The van der Waals surface area contributed by atoms with Gasteiger partial charge in [0.15, 0.2) is 0 Å². The lowest BCUT2D eigenvalue weighted by atomic mass is 10.1. The fraction of sp³-hybridized carbons (Fsp3) is 0.300. The van der Waals surface area contributed by atoms with Crippen molar-refractivity contribution in [3.63, 3.8) is 0 Å². The number of carbonyl (C=O) groups is 1. The summed E-state index contributed by atoms with van der Waals surface area (Å²) in [6.07, 6.45) is 5.65. The summed E-state index contributed by atoms with van der Waals surface area (Å²) in [5.74, 6) is 0. The standard InChI is InChI=1S/C20H21ClN4O4S2/c21-20-2-1-18(30-20)4-6-31(28,29)24-10-16(12-26)25(17(11-24)13-27)9-15-7-14-8-22-5-3-19(14)23-15/h1-8,12,16-17,23,27H,9-11,13H2. The number of halogens is 1. The first-order valence-electron chi connectivity index (χ1n) is 9.56. The number of rotatable bonds is 7. The molecule has 1 saturated heterocycles. The number of fused-ring (bicyclic) bond motifs is 1. The number of hydrogen-bond donors (Lipinski definition) is 2. The Morgan fingerprint density at radius 1 is 1.32 bits per heavy atom. The van der Waals surface area contributed by atoms with Crippen LogP contribution in [0.25, 0.3) is 17.0 Å². The van der Waals surface area contributed by atoms with Gasteiger partial charge >= 0.3 is 0 Å². The number of H-pyrrole nitrogens is 1. The summed E-state index contributed by atoms with van der Waals surface area (Å²) in [6.45, 7) is 0.198. The number of nitrogens with zero attached hydrogens (tertiary/aromatic N) is 3. The smallest absolute Gasteiger partial charge is 0.236 e. The molecule has 1 fully saturated rings. The van der Waals surface area contributed by atoms with E-state index in [4.69, 9.17) is 11.6 Å². The molecule has 1 aliphatic heterocycles. The number of thiophene rings is 1. The zero-order valence-electron chi connectivity index (χ0n) is 16.4. The number of hydrogen-bond acceptors (Lipinski definition) is 7. The molecule has 0 aliphatic carbocycles. The molecule has 11 heteroatoms. The first kappa shape index (κ1) is 22.1. The fourth-order valence-corrected chi connectivity index (χ4v) is 5.99. The Morgan fingerprint density at radius 2 is 2.16 bits per heavy atom. The third-order valence-corrected chi connectivity index (χ3v) is 7.95. The molecule has 31 heavy (non-hydrogen) atoms. The molecule has 0 spiro atoms. The van der Waals surface area contributed by atoms with Crippen molar-refractivity contribution < 1.29 is 18.3 Å². The molecule has 164 valence electrons. The minimum absolute atomic E-state index is 0.0135. The van der Waals surface area contributed by atoms with E-state index in [9.17, 15) is 18.3 Å². The highest BCUT2D eigenvalue weighted by Crippen LogP contribution is 2.25. The number of aliphatic hydroxyl groups is 1. The molecule has 2 unspecified atom stereocenters. The summed E-state index contributed by atoms with van der Waals surface area (Å²) in [5.41, 5.74) is 1.78. The monoisotopic (exact) mass is 480 g/mol. The number of aliphatic hydroxyl groups excluding tert-OH is 1. The Bertz CT molecular complexity index is 1170. The summed E-state index contributed by atoms with van der Waals surface area (Å²) in [6, 6.07) is 6.02. The number of sulfonamides is 1. The summed E-state index contributed by atoms with van der Waals surface area (Å²) < 4.78 is 27.5. The predicted octanol–water partition coefficient (Wildman–Crippen LogP) is 2.32. The van der Waals surface area contributed by atoms with Gasteiger partial charge in [-0.2, -0.15) is 4.31 Å². The summed E-state index contributed by atoms with van der Waals surface area (Å²) in [5, 5.41) is 12.0. The van der Waals surface area contributed by atoms with Crippen molar-refractivity contribution in [3.8, 4) is 0 Å². The Labute approximate surface area is 188 Å². The Morgan fingerprint density at radius 3 is 2.84 bits per heavy atom. The highest BCUT2D eigenvalue weighted by molar-refractivity contribution is 7.92. The molecule has 1 aliphatic rings. The van der Waals surface area contributed by atoms with Gasteiger partial charge in [-0.15, -0.1) is 11.3 Å². The van der Waals surface area contributed by atoms with Gasteiger partial charge in [-0.05, 0) is 30.3 Å². The van der Waals surface area contributed by atoms with Gasteiger partial charge in [-0.1, -0.05) is 11.6 Å². The van der Waals surface area contributed by atoms with Crippen LogP contribution in [0.5, 0.6) is 0 Å². The molecular weight excluding hydrogens is 460 g/mol. The van der Waals surface area contributed by atoms with Crippen LogP contribution in [0.4, 0.5) is 0 Å². The minimum Gasteiger partial charge on any atom is -0.395 e. The second-order valence-corrected chi connectivity index (χ2v) is 10.8. The van der Waals surface area contributed by atoms with Gasteiger partial charge in [0.1, 0.15) is 6.29 Å². The van der Waals surface area contributed by atoms with Crippen LogP contribution in [-0.2, 0) is 21.4 Å². The van der Waals surface area contributed by atoms with Crippen LogP contribution >= 0.6 is 22.9 Å². The van der Waals surface area contributed by atoms with Crippen molar-refractivity contribution in [2.24, 2.45) is 0 Å². The summed E-state index contributed by atoms with van der Waals surface area (Å²) >= 11 is 7.16. The first-order chi connectivity index (χ1) is 14.9. The van der Waals surface area contributed by atoms with Crippen molar-refractivity contribution in [1.29, 1.82) is 0 Å². The largest absolute Gasteiger partial charge is 0.395 e. The van der Waals surface area contributed by atoms with Crippen LogP contribution in [0.3, 0.4) is 0 Å². The van der Waals surface area contributed by atoms with Gasteiger partial charge in [-0.3, -0.25) is 9.88 Å². The second-order valence-electron chi connectivity index (χ2n) is 7.28. The molecule has 3 aromatic rings. The SMILES string of the molecule is O=CC1CN(S(=O)(=O)C=Cc2ccc(Cl)s2)CC(CO)N1Cc1cc2cnccc2[nH]1. The quantitative estimate of drug-likeness (QED) is 0.503. The lowest BCUT2D eigenvalue weighted by Gasteiger charge is -2.43. The topological polar surface area (TPSA) is 107 Å². The number of aromatic amines is 1. The van der Waals surface area contributed by atoms with Crippen LogP contribution < -0.4 is 0 Å². The molecule has 0 bridgehead atoms. The molecule has 0 radical (unpaired) electrons. The third-order valence-electron chi connectivity index (χ3n) is 5.26. The number of carbonyl (C=O) groups excluding carboxylic acids is 1. The zero-order valence-corrected chi connectivity index (χ0v) is 18.8. The molecule has 2 N–H and O–H groups in total. The van der Waals surface area contributed by atoms with E-state index in [2.05, 4.69) is 9.97 Å². The highest BCUT2D eigenvalue weighted by Gasteiger charge is 2.38. The van der Waals surface area contributed by atoms with Crippen molar-refractivity contribution >= 4 is 56.2 Å². The molecule has 0 amide bonds. The van der Waals surface area contributed by atoms with E-state index in [-0.39, 0.29) is 19.7 Å². The Kier molecular flexibility index (Phi) is 6.56. The maximum absolute atomic E-state index is 12.9. The van der Waals surface area contributed by atoms with E-state index >= 15 is 0 Å². The van der Waals surface area contributed by atoms with E-state index < -0.39 is 22.1 Å². The maximum Gasteiger partial charge on any atom is 0.236 e. The lowest BCUT2D eigenvalue weighted by molar-refractivity contribution is -0.116. The number of aldehydes is 1. The molecule has 4 rings (SSSR count). The minimum atomic E-state index is -3.77. The van der Waals surface area contributed by atoms with Crippen LogP contribution in [0.1, 0.15) is 10.6 Å². The van der Waals surface area contributed by atoms with Gasteiger partial charge in [0.2, 0.25) is 10.0 Å². The van der Waals surface area contributed by atoms with Crippen molar-refractivity contribution in [2.45, 2.75) is 18.6 Å². The Balaban J connectivity index is 1.53. The average Bonchev–Trinajstić information content (AvgIpc) is 3.37. The van der Waals surface area contributed by atoms with Crippen LogP contribution in [0.2, 0.25) is 4.34 Å². The number of piperazine rings is 1. The molecule has 0 saturated carbocycles. The zero-order chi connectivity index (χ0) is 22.0. The number of nitrogens with one attached hydrogen (secondary N) is 1. The van der Waals surface area contributed by atoms with Crippen molar-refractivity contribution in [1.82, 2.24) is 19.2 Å². The summed E-state index contributed by atoms with van der Waals surface area (Å²) in [7, 11) is -3.77. The van der Waals surface area contributed by atoms with Gasteiger partial charge in [0.25, 0.3) is 0 Å². The molecular formula is C20H21ClN4O4S2. The highest BCUT2D eigenvalue weighted by atomic mass is 35.5.